The van der Waals surface area contributed by atoms with Crippen molar-refractivity contribution in [2.24, 2.45) is 46.3 Å². The summed E-state index contributed by atoms with van der Waals surface area (Å²) >= 11 is 3.42. The van der Waals surface area contributed by atoms with Gasteiger partial charge in [-0.3, -0.25) is 4.79 Å². The van der Waals surface area contributed by atoms with E-state index in [4.69, 9.17) is 4.74 Å². The highest BCUT2D eigenvalue weighted by Gasteiger charge is 2.62. The highest BCUT2D eigenvalue weighted by atomic mass is 79.9. The van der Waals surface area contributed by atoms with Gasteiger partial charge in [0.2, 0.25) is 0 Å². The molecule has 5 heteroatoms. The van der Waals surface area contributed by atoms with Gasteiger partial charge in [-0.05, 0) is 117 Å². The Morgan fingerprint density at radius 3 is 2.52 bits per heavy atom. The smallest absolute Gasteiger partial charge is 0.305 e. The summed E-state index contributed by atoms with van der Waals surface area (Å²) in [4.78, 5) is 12.2. The minimum absolute atomic E-state index is 0.0408. The zero-order valence-corrected chi connectivity index (χ0v) is 22.7. The van der Waals surface area contributed by atoms with E-state index in [-0.39, 0.29) is 29.0 Å². The number of carbonyl (C=O) groups excluding carboxylic acids is 1. The van der Waals surface area contributed by atoms with Crippen LogP contribution in [0.4, 0.5) is 0 Å². The fourth-order valence-electron chi connectivity index (χ4n) is 9.18. The van der Waals surface area contributed by atoms with Gasteiger partial charge in [-0.25, -0.2) is 0 Å². The molecule has 0 radical (unpaired) electrons. The molecule has 2 N–H and O–H groups in total. The number of halogens is 1. The maximum Gasteiger partial charge on any atom is 0.305 e. The van der Waals surface area contributed by atoms with Crippen LogP contribution >= 0.6 is 15.9 Å². The van der Waals surface area contributed by atoms with Crippen molar-refractivity contribution in [3.63, 3.8) is 0 Å². The van der Waals surface area contributed by atoms with Crippen LogP contribution in [0.25, 0.3) is 0 Å². The Labute approximate surface area is 209 Å². The second-order valence-corrected chi connectivity index (χ2v) is 13.4. The Morgan fingerprint density at radius 1 is 1.03 bits per heavy atom. The van der Waals surface area contributed by atoms with Crippen LogP contribution in [-0.4, -0.2) is 40.3 Å². The Morgan fingerprint density at radius 2 is 1.76 bits per heavy atom. The molecular formula is C28H47BrO4. The maximum absolute atomic E-state index is 12.2. The number of carbonyl (C=O) groups is 1. The summed E-state index contributed by atoms with van der Waals surface area (Å²) in [6.45, 7) is 7.88. The lowest BCUT2D eigenvalue weighted by Crippen LogP contribution is -2.58. The molecule has 0 bridgehead atoms. The number of alkyl halides is 1. The number of unbranched alkanes of at least 4 members (excludes halogenated alkanes) is 1. The quantitative estimate of drug-likeness (QED) is 0.227. The molecule has 4 nitrogen and oxygen atoms in total. The first-order valence-electron chi connectivity index (χ1n) is 13.8. The summed E-state index contributed by atoms with van der Waals surface area (Å²) in [6, 6.07) is 0. The number of esters is 1. The summed E-state index contributed by atoms with van der Waals surface area (Å²) < 4.78 is 5.43. The van der Waals surface area contributed by atoms with Crippen LogP contribution in [0.3, 0.4) is 0 Å². The number of hydrogen-bond acceptors (Lipinski definition) is 4. The largest absolute Gasteiger partial charge is 0.466 e. The van der Waals surface area contributed by atoms with Crippen molar-refractivity contribution in [2.45, 2.75) is 110 Å². The standard InChI is InChI=1S/C28H47BrO4/c1-18(6-9-25(32)33-15-5-4-14-29)21-7-8-22-26-23(11-13-28(21,22)3)27(2)12-10-20(30)16-19(27)17-24(26)31/h18-24,26,30-31H,4-17H2,1-3H3/t18-,19+,20-,21-,22+,23+,24+,26+,27+,28-/m1/s1. The van der Waals surface area contributed by atoms with Crippen LogP contribution in [0.15, 0.2) is 0 Å². The molecule has 190 valence electrons. The lowest BCUT2D eigenvalue weighted by molar-refractivity contribution is -0.174. The predicted octanol–water partition coefficient (Wildman–Crippen LogP) is 6.11. The summed E-state index contributed by atoms with van der Waals surface area (Å²) in [6.07, 6.45) is 11.8. The maximum atomic E-state index is 12.2. The van der Waals surface area contributed by atoms with Crippen LogP contribution in [-0.2, 0) is 9.53 Å². The van der Waals surface area contributed by atoms with Gasteiger partial charge in [0.25, 0.3) is 0 Å². The minimum atomic E-state index is -0.216. The van der Waals surface area contributed by atoms with Crippen molar-refractivity contribution in [3.8, 4) is 0 Å². The second kappa shape index (κ2) is 10.5. The molecule has 0 heterocycles. The molecule has 0 amide bonds. The second-order valence-electron chi connectivity index (χ2n) is 12.6. The number of hydrogen-bond donors (Lipinski definition) is 2. The van der Waals surface area contributed by atoms with E-state index in [1.54, 1.807) is 0 Å². The van der Waals surface area contributed by atoms with E-state index in [1.807, 2.05) is 0 Å². The van der Waals surface area contributed by atoms with Crippen LogP contribution in [0.1, 0.15) is 97.8 Å². The van der Waals surface area contributed by atoms with E-state index in [1.165, 1.54) is 25.7 Å². The Balaban J connectivity index is 1.39. The van der Waals surface area contributed by atoms with Gasteiger partial charge < -0.3 is 14.9 Å². The topological polar surface area (TPSA) is 66.8 Å². The third-order valence-electron chi connectivity index (χ3n) is 11.0. The van der Waals surface area contributed by atoms with E-state index in [0.29, 0.717) is 48.5 Å². The lowest BCUT2D eigenvalue weighted by atomic mass is 9.43. The molecule has 33 heavy (non-hydrogen) atoms. The van der Waals surface area contributed by atoms with Crippen LogP contribution in [0, 0.1) is 46.3 Å². The van der Waals surface area contributed by atoms with Gasteiger partial charge in [0.1, 0.15) is 0 Å². The van der Waals surface area contributed by atoms with Crippen molar-refractivity contribution < 1.29 is 19.7 Å². The van der Waals surface area contributed by atoms with E-state index < -0.39 is 0 Å². The van der Waals surface area contributed by atoms with Gasteiger partial charge in [-0.2, -0.15) is 0 Å². The molecule has 4 rings (SSSR count). The van der Waals surface area contributed by atoms with Crippen molar-refractivity contribution in [2.75, 3.05) is 11.9 Å². The first-order chi connectivity index (χ1) is 15.7. The average molecular weight is 528 g/mol. The lowest BCUT2D eigenvalue weighted by Gasteiger charge is -2.62. The van der Waals surface area contributed by atoms with Gasteiger partial charge in [0.15, 0.2) is 0 Å². The van der Waals surface area contributed by atoms with Crippen molar-refractivity contribution >= 4 is 21.9 Å². The normalized spacial score (nSPS) is 45.6. The van der Waals surface area contributed by atoms with Gasteiger partial charge >= 0.3 is 5.97 Å². The molecular weight excluding hydrogens is 480 g/mol. The highest BCUT2D eigenvalue weighted by Crippen LogP contribution is 2.68. The highest BCUT2D eigenvalue weighted by molar-refractivity contribution is 9.09. The van der Waals surface area contributed by atoms with Gasteiger partial charge in [-0.1, -0.05) is 36.7 Å². The molecule has 0 aliphatic heterocycles. The number of aliphatic hydroxyl groups is 2. The first kappa shape index (κ1) is 25.9. The van der Waals surface area contributed by atoms with Crippen LogP contribution < -0.4 is 0 Å². The molecule has 0 saturated heterocycles. The monoisotopic (exact) mass is 526 g/mol. The molecule has 0 aromatic carbocycles. The van der Waals surface area contributed by atoms with E-state index in [2.05, 4.69) is 36.7 Å². The summed E-state index contributed by atoms with van der Waals surface area (Å²) in [5.74, 6) is 3.19. The molecule has 0 aromatic heterocycles. The van der Waals surface area contributed by atoms with E-state index in [9.17, 15) is 15.0 Å². The summed E-state index contributed by atoms with van der Waals surface area (Å²) in [5.41, 5.74) is 0.561. The Kier molecular flexibility index (Phi) is 8.23. The molecule has 4 aliphatic carbocycles. The predicted molar refractivity (Wildman–Crippen MR) is 135 cm³/mol. The Hall–Kier alpha value is -0.130. The summed E-state index contributed by atoms with van der Waals surface area (Å²) in [5, 5.41) is 22.6. The molecule has 4 fully saturated rings. The van der Waals surface area contributed by atoms with Crippen molar-refractivity contribution in [1.29, 1.82) is 0 Å². The average Bonchev–Trinajstić information content (AvgIpc) is 3.13. The first-order valence-corrected chi connectivity index (χ1v) is 14.9. The molecule has 10 atom stereocenters. The van der Waals surface area contributed by atoms with E-state index in [0.717, 1.165) is 50.3 Å². The van der Waals surface area contributed by atoms with Crippen molar-refractivity contribution in [1.82, 2.24) is 0 Å². The molecule has 0 aromatic rings. The Bertz CT molecular complexity index is 685. The number of ether oxygens (including phenoxy) is 1. The zero-order chi connectivity index (χ0) is 23.8. The number of rotatable bonds is 8. The fourth-order valence-corrected chi connectivity index (χ4v) is 9.57. The molecule has 0 unspecified atom stereocenters. The minimum Gasteiger partial charge on any atom is -0.466 e. The molecule has 0 spiro atoms. The zero-order valence-electron chi connectivity index (χ0n) is 21.1. The number of aliphatic hydroxyl groups excluding tert-OH is 2. The summed E-state index contributed by atoms with van der Waals surface area (Å²) in [7, 11) is 0. The fraction of sp³-hybridized carbons (Fsp3) is 0.964. The van der Waals surface area contributed by atoms with Crippen LogP contribution in [0.2, 0.25) is 0 Å². The third kappa shape index (κ3) is 4.94. The molecule has 4 aliphatic rings. The van der Waals surface area contributed by atoms with Gasteiger partial charge in [-0.15, -0.1) is 0 Å². The van der Waals surface area contributed by atoms with Gasteiger partial charge in [0.05, 0.1) is 18.8 Å². The van der Waals surface area contributed by atoms with Crippen LogP contribution in [0.5, 0.6) is 0 Å². The van der Waals surface area contributed by atoms with Gasteiger partial charge in [0, 0.05) is 11.8 Å². The SMILES string of the molecule is C[C@H](CCC(=O)OCCCCBr)[C@H]1CC[C@H]2[C@@H]3[C@@H](O)C[C@@H]4C[C@H](O)CC[C@]4(C)[C@H]3CC[C@]12C. The van der Waals surface area contributed by atoms with Crippen molar-refractivity contribution in [3.05, 3.63) is 0 Å². The number of fused-ring (bicyclic) bond motifs is 5. The van der Waals surface area contributed by atoms with E-state index >= 15 is 0 Å². The molecule has 4 saturated carbocycles. The third-order valence-corrected chi connectivity index (χ3v) is 11.6.